The predicted molar refractivity (Wildman–Crippen MR) is 98.8 cm³/mol. The van der Waals surface area contributed by atoms with E-state index in [0.717, 1.165) is 33.3 Å². The first-order chi connectivity index (χ1) is 12.2. The molecule has 0 atom stereocenters. The number of pyridine rings is 1. The lowest BCUT2D eigenvalue weighted by Gasteiger charge is -2.12. The van der Waals surface area contributed by atoms with E-state index in [4.69, 9.17) is 4.74 Å². The van der Waals surface area contributed by atoms with Gasteiger partial charge in [-0.25, -0.2) is 4.98 Å². The summed E-state index contributed by atoms with van der Waals surface area (Å²) < 4.78 is 6.20. The van der Waals surface area contributed by atoms with Gasteiger partial charge in [0.05, 0.1) is 10.9 Å². The third-order valence-electron chi connectivity index (χ3n) is 4.06. The fourth-order valence-electron chi connectivity index (χ4n) is 2.68. The SMILES string of the molecule is Cc1ccc(C)c(Oc2nc(-c3ccncc3)nc3ccccc23)c1. The van der Waals surface area contributed by atoms with Crippen molar-refractivity contribution in [3.63, 3.8) is 0 Å². The van der Waals surface area contributed by atoms with Gasteiger partial charge in [0, 0.05) is 18.0 Å². The van der Waals surface area contributed by atoms with Crippen LogP contribution < -0.4 is 4.74 Å². The summed E-state index contributed by atoms with van der Waals surface area (Å²) in [5, 5.41) is 0.890. The van der Waals surface area contributed by atoms with E-state index in [1.54, 1.807) is 12.4 Å². The van der Waals surface area contributed by atoms with Gasteiger partial charge < -0.3 is 4.74 Å². The number of hydrogen-bond acceptors (Lipinski definition) is 4. The molecule has 0 aliphatic carbocycles. The highest BCUT2D eigenvalue weighted by Gasteiger charge is 2.12. The van der Waals surface area contributed by atoms with Crippen LogP contribution in [0.5, 0.6) is 11.6 Å². The van der Waals surface area contributed by atoms with Gasteiger partial charge in [0.25, 0.3) is 0 Å². The van der Waals surface area contributed by atoms with E-state index in [1.807, 2.05) is 56.3 Å². The molecule has 4 nitrogen and oxygen atoms in total. The summed E-state index contributed by atoms with van der Waals surface area (Å²) in [5.41, 5.74) is 3.98. The molecule has 0 unspecified atom stereocenters. The minimum atomic E-state index is 0.561. The number of para-hydroxylation sites is 1. The van der Waals surface area contributed by atoms with Gasteiger partial charge in [-0.2, -0.15) is 4.98 Å². The molecule has 25 heavy (non-hydrogen) atoms. The van der Waals surface area contributed by atoms with Gasteiger partial charge in [0.2, 0.25) is 5.88 Å². The molecule has 4 rings (SSSR count). The largest absolute Gasteiger partial charge is 0.438 e. The fraction of sp³-hybridized carbons (Fsp3) is 0.0952. The molecule has 0 fully saturated rings. The zero-order valence-electron chi connectivity index (χ0n) is 14.1. The van der Waals surface area contributed by atoms with Crippen molar-refractivity contribution in [2.75, 3.05) is 0 Å². The molecule has 2 heterocycles. The second-order valence-electron chi connectivity index (χ2n) is 5.98. The minimum absolute atomic E-state index is 0.561. The molecule has 0 N–H and O–H groups in total. The fourth-order valence-corrected chi connectivity index (χ4v) is 2.68. The lowest BCUT2D eigenvalue weighted by atomic mass is 10.1. The Labute approximate surface area is 146 Å². The third-order valence-corrected chi connectivity index (χ3v) is 4.06. The number of nitrogens with zero attached hydrogens (tertiary/aromatic N) is 3. The second kappa shape index (κ2) is 6.32. The molecule has 4 heteroatoms. The van der Waals surface area contributed by atoms with Gasteiger partial charge in [-0.1, -0.05) is 24.3 Å². The summed E-state index contributed by atoms with van der Waals surface area (Å²) in [6.07, 6.45) is 3.47. The number of fused-ring (bicyclic) bond motifs is 1. The average molecular weight is 327 g/mol. The van der Waals surface area contributed by atoms with Gasteiger partial charge in [-0.15, -0.1) is 0 Å². The standard InChI is InChI=1S/C21H17N3O/c1-14-7-8-15(2)19(13-14)25-21-17-5-3-4-6-18(17)23-20(24-21)16-9-11-22-12-10-16/h3-13H,1-2H3. The highest BCUT2D eigenvalue weighted by Crippen LogP contribution is 2.31. The van der Waals surface area contributed by atoms with Crippen molar-refractivity contribution < 1.29 is 4.74 Å². The Morgan fingerprint density at radius 2 is 1.64 bits per heavy atom. The van der Waals surface area contributed by atoms with Crippen LogP contribution in [0.1, 0.15) is 11.1 Å². The van der Waals surface area contributed by atoms with Crippen LogP contribution in [-0.2, 0) is 0 Å². The maximum absolute atomic E-state index is 6.20. The highest BCUT2D eigenvalue weighted by atomic mass is 16.5. The molecule has 0 spiro atoms. The first-order valence-corrected chi connectivity index (χ1v) is 8.13. The predicted octanol–water partition coefficient (Wildman–Crippen LogP) is 5.10. The smallest absolute Gasteiger partial charge is 0.230 e. The van der Waals surface area contributed by atoms with Crippen molar-refractivity contribution >= 4 is 10.9 Å². The second-order valence-corrected chi connectivity index (χ2v) is 5.98. The van der Waals surface area contributed by atoms with Crippen LogP contribution in [0.3, 0.4) is 0 Å². The molecule has 4 aromatic rings. The summed E-state index contributed by atoms with van der Waals surface area (Å²) in [7, 11) is 0. The van der Waals surface area contributed by atoms with E-state index < -0.39 is 0 Å². The van der Waals surface area contributed by atoms with Gasteiger partial charge >= 0.3 is 0 Å². The lowest BCUT2D eigenvalue weighted by molar-refractivity contribution is 0.465. The number of aryl methyl sites for hydroxylation is 2. The molecule has 2 aromatic carbocycles. The number of rotatable bonds is 3. The topological polar surface area (TPSA) is 47.9 Å². The quantitative estimate of drug-likeness (QED) is 0.525. The van der Waals surface area contributed by atoms with Crippen LogP contribution in [0, 0.1) is 13.8 Å². The van der Waals surface area contributed by atoms with Crippen molar-refractivity contribution in [3.8, 4) is 23.0 Å². The number of aromatic nitrogens is 3. The molecule has 122 valence electrons. The van der Waals surface area contributed by atoms with Gasteiger partial charge in [0.1, 0.15) is 5.75 Å². The third kappa shape index (κ3) is 3.06. The van der Waals surface area contributed by atoms with Crippen LogP contribution in [0.25, 0.3) is 22.3 Å². The van der Waals surface area contributed by atoms with Gasteiger partial charge in [-0.3, -0.25) is 4.98 Å². The maximum Gasteiger partial charge on any atom is 0.230 e. The van der Waals surface area contributed by atoms with Gasteiger partial charge in [0.15, 0.2) is 5.82 Å². The van der Waals surface area contributed by atoms with Crippen molar-refractivity contribution in [2.24, 2.45) is 0 Å². The van der Waals surface area contributed by atoms with Crippen molar-refractivity contribution in [1.29, 1.82) is 0 Å². The van der Waals surface area contributed by atoms with Crippen molar-refractivity contribution in [2.45, 2.75) is 13.8 Å². The monoisotopic (exact) mass is 327 g/mol. The van der Waals surface area contributed by atoms with Gasteiger partial charge in [-0.05, 0) is 55.3 Å². The number of ether oxygens (including phenoxy) is 1. The highest BCUT2D eigenvalue weighted by molar-refractivity contribution is 5.85. The maximum atomic E-state index is 6.20. The molecule has 0 aliphatic rings. The minimum Gasteiger partial charge on any atom is -0.438 e. The summed E-state index contributed by atoms with van der Waals surface area (Å²) in [6, 6.07) is 17.8. The summed E-state index contributed by atoms with van der Waals surface area (Å²) in [5.74, 6) is 2.00. The Morgan fingerprint density at radius 3 is 2.48 bits per heavy atom. The van der Waals surface area contributed by atoms with E-state index in [-0.39, 0.29) is 0 Å². The first kappa shape index (κ1) is 15.3. The average Bonchev–Trinajstić information content (AvgIpc) is 2.65. The summed E-state index contributed by atoms with van der Waals surface area (Å²) >= 11 is 0. The Kier molecular flexibility index (Phi) is 3.86. The summed E-state index contributed by atoms with van der Waals surface area (Å²) in [6.45, 7) is 4.08. The molecule has 0 radical (unpaired) electrons. The first-order valence-electron chi connectivity index (χ1n) is 8.13. The van der Waals surface area contributed by atoms with E-state index in [9.17, 15) is 0 Å². The van der Waals surface area contributed by atoms with Crippen molar-refractivity contribution in [1.82, 2.24) is 15.0 Å². The Morgan fingerprint density at radius 1 is 0.840 bits per heavy atom. The zero-order valence-corrected chi connectivity index (χ0v) is 14.1. The zero-order chi connectivity index (χ0) is 17.2. The lowest BCUT2D eigenvalue weighted by Crippen LogP contribution is -1.97. The molecule has 0 aliphatic heterocycles. The molecule has 0 amide bonds. The normalized spacial score (nSPS) is 10.8. The summed E-state index contributed by atoms with van der Waals surface area (Å²) in [4.78, 5) is 13.4. The molecule has 0 saturated heterocycles. The van der Waals surface area contributed by atoms with Crippen LogP contribution in [0.2, 0.25) is 0 Å². The Hall–Kier alpha value is -3.27. The van der Waals surface area contributed by atoms with E-state index in [1.165, 1.54) is 0 Å². The van der Waals surface area contributed by atoms with Crippen molar-refractivity contribution in [3.05, 3.63) is 78.1 Å². The van der Waals surface area contributed by atoms with Crippen LogP contribution in [-0.4, -0.2) is 15.0 Å². The van der Waals surface area contributed by atoms with E-state index in [0.29, 0.717) is 11.7 Å². The van der Waals surface area contributed by atoms with E-state index >= 15 is 0 Å². The Bertz CT molecular complexity index is 1050. The van der Waals surface area contributed by atoms with Crippen LogP contribution >= 0.6 is 0 Å². The number of benzene rings is 2. The Balaban J connectivity index is 1.88. The number of hydrogen-bond donors (Lipinski definition) is 0. The molecular formula is C21H17N3O. The molecule has 0 saturated carbocycles. The molecule has 0 bridgehead atoms. The van der Waals surface area contributed by atoms with E-state index in [2.05, 4.69) is 27.1 Å². The van der Waals surface area contributed by atoms with Crippen LogP contribution in [0.15, 0.2) is 67.0 Å². The molecule has 2 aromatic heterocycles. The van der Waals surface area contributed by atoms with Crippen LogP contribution in [0.4, 0.5) is 0 Å². The molecular weight excluding hydrogens is 310 g/mol.